The van der Waals surface area contributed by atoms with E-state index in [2.05, 4.69) is 58.0 Å². The summed E-state index contributed by atoms with van der Waals surface area (Å²) < 4.78 is 0. The Labute approximate surface area is 127 Å². The van der Waals surface area contributed by atoms with Crippen LogP contribution in [0.3, 0.4) is 0 Å². The molecule has 0 aromatic heterocycles. The van der Waals surface area contributed by atoms with Crippen LogP contribution in [0.4, 0.5) is 0 Å². The van der Waals surface area contributed by atoms with Crippen LogP contribution in [-0.2, 0) is 6.42 Å². The first-order chi connectivity index (χ1) is 9.58. The highest BCUT2D eigenvalue weighted by Crippen LogP contribution is 2.20. The Morgan fingerprint density at radius 2 is 1.25 bits per heavy atom. The van der Waals surface area contributed by atoms with Crippen molar-refractivity contribution in [2.45, 2.75) is 72.6 Å². The molecule has 114 valence electrons. The average molecular weight is 274 g/mol. The lowest BCUT2D eigenvalue weighted by Gasteiger charge is -2.15. The third kappa shape index (κ3) is 8.40. The minimum Gasteiger partial charge on any atom is -0.0628 e. The molecular formula is C20H34. The zero-order chi connectivity index (χ0) is 14.8. The second-order valence-corrected chi connectivity index (χ2v) is 7.16. The molecule has 1 rings (SSSR count). The Hall–Kier alpha value is -0.780. The molecule has 0 aliphatic rings. The van der Waals surface area contributed by atoms with E-state index in [1.54, 1.807) is 0 Å². The van der Waals surface area contributed by atoms with Crippen LogP contribution in [0.25, 0.3) is 0 Å². The fourth-order valence-corrected chi connectivity index (χ4v) is 2.95. The van der Waals surface area contributed by atoms with E-state index in [4.69, 9.17) is 0 Å². The van der Waals surface area contributed by atoms with Crippen molar-refractivity contribution in [1.29, 1.82) is 0 Å². The van der Waals surface area contributed by atoms with Crippen molar-refractivity contribution in [2.75, 3.05) is 0 Å². The number of hydrogen-bond acceptors (Lipinski definition) is 0. The molecule has 0 spiro atoms. The highest BCUT2D eigenvalue weighted by atomic mass is 14.1. The van der Waals surface area contributed by atoms with E-state index in [9.17, 15) is 0 Å². The minimum atomic E-state index is 0.820. The summed E-state index contributed by atoms with van der Waals surface area (Å²) in [6, 6.07) is 10.9. The van der Waals surface area contributed by atoms with Crippen LogP contribution in [-0.4, -0.2) is 0 Å². The molecule has 0 aliphatic heterocycles. The van der Waals surface area contributed by atoms with Crippen molar-refractivity contribution < 1.29 is 0 Å². The van der Waals surface area contributed by atoms with E-state index < -0.39 is 0 Å². The molecule has 0 saturated carbocycles. The Kier molecular flexibility index (Phi) is 8.65. The van der Waals surface area contributed by atoms with Gasteiger partial charge < -0.3 is 0 Å². The fraction of sp³-hybridized carbons (Fsp3) is 0.700. The lowest BCUT2D eigenvalue weighted by molar-refractivity contribution is 0.399. The molecule has 0 nitrogen and oxygen atoms in total. The third-order valence-corrected chi connectivity index (χ3v) is 4.30. The van der Waals surface area contributed by atoms with Crippen molar-refractivity contribution in [3.05, 3.63) is 35.9 Å². The zero-order valence-electron chi connectivity index (χ0n) is 14.1. The van der Waals surface area contributed by atoms with Gasteiger partial charge in [-0.2, -0.15) is 0 Å². The normalized spacial score (nSPS) is 14.4. The van der Waals surface area contributed by atoms with Crippen molar-refractivity contribution in [3.63, 3.8) is 0 Å². The molecule has 0 heterocycles. The molecular weight excluding hydrogens is 240 g/mol. The van der Waals surface area contributed by atoms with Gasteiger partial charge in [0.1, 0.15) is 0 Å². The fourth-order valence-electron chi connectivity index (χ4n) is 2.95. The highest BCUT2D eigenvalue weighted by Gasteiger charge is 2.07. The first kappa shape index (κ1) is 17.3. The molecule has 2 unspecified atom stereocenters. The Balaban J connectivity index is 2.08. The summed E-state index contributed by atoms with van der Waals surface area (Å²) >= 11 is 0. The summed E-state index contributed by atoms with van der Waals surface area (Å²) in [4.78, 5) is 0. The molecule has 0 fully saturated rings. The van der Waals surface area contributed by atoms with Crippen LogP contribution < -0.4 is 0 Å². The van der Waals surface area contributed by atoms with E-state index in [0.717, 1.165) is 17.8 Å². The Morgan fingerprint density at radius 1 is 0.700 bits per heavy atom. The van der Waals surface area contributed by atoms with E-state index >= 15 is 0 Å². The van der Waals surface area contributed by atoms with Gasteiger partial charge in [0, 0.05) is 0 Å². The van der Waals surface area contributed by atoms with Gasteiger partial charge in [-0.05, 0) is 29.7 Å². The summed E-state index contributed by atoms with van der Waals surface area (Å²) in [6.07, 6.45) is 9.67. The van der Waals surface area contributed by atoms with Gasteiger partial charge in [-0.3, -0.25) is 0 Å². The van der Waals surface area contributed by atoms with E-state index in [0.29, 0.717) is 0 Å². The number of benzene rings is 1. The average Bonchev–Trinajstić information content (AvgIpc) is 2.39. The van der Waals surface area contributed by atoms with Crippen molar-refractivity contribution in [1.82, 2.24) is 0 Å². The zero-order valence-corrected chi connectivity index (χ0v) is 14.1. The Bertz CT molecular complexity index is 325. The Morgan fingerprint density at radius 3 is 1.85 bits per heavy atom. The number of rotatable bonds is 10. The van der Waals surface area contributed by atoms with Crippen molar-refractivity contribution in [2.24, 2.45) is 17.8 Å². The smallest absolute Gasteiger partial charge is 0.0253 e. The topological polar surface area (TPSA) is 0 Å². The third-order valence-electron chi connectivity index (χ3n) is 4.30. The maximum atomic E-state index is 2.43. The summed E-state index contributed by atoms with van der Waals surface area (Å²) in [5.74, 6) is 2.60. The van der Waals surface area contributed by atoms with Gasteiger partial charge in [-0.25, -0.2) is 0 Å². The summed E-state index contributed by atoms with van der Waals surface area (Å²) in [6.45, 7) is 9.49. The van der Waals surface area contributed by atoms with Crippen LogP contribution in [0.15, 0.2) is 30.3 Å². The van der Waals surface area contributed by atoms with Gasteiger partial charge in [0.2, 0.25) is 0 Å². The molecule has 20 heavy (non-hydrogen) atoms. The molecule has 0 saturated heterocycles. The largest absolute Gasteiger partial charge is 0.0628 e. The predicted molar refractivity (Wildman–Crippen MR) is 91.0 cm³/mol. The standard InChI is InChI=1S/C20H34/c1-17(2)10-8-11-18(3)12-9-13-19(4)16-20-14-6-5-7-15-20/h5-7,14-15,17-19H,8-13,16H2,1-4H3. The summed E-state index contributed by atoms with van der Waals surface area (Å²) in [5, 5.41) is 0. The van der Waals surface area contributed by atoms with Crippen LogP contribution in [0, 0.1) is 17.8 Å². The van der Waals surface area contributed by atoms with Gasteiger partial charge in [-0.1, -0.05) is 96.6 Å². The maximum absolute atomic E-state index is 2.43. The lowest BCUT2D eigenvalue weighted by Crippen LogP contribution is -2.02. The molecule has 2 atom stereocenters. The lowest BCUT2D eigenvalue weighted by atomic mass is 9.91. The van der Waals surface area contributed by atoms with Gasteiger partial charge >= 0.3 is 0 Å². The molecule has 0 amide bonds. The number of hydrogen-bond donors (Lipinski definition) is 0. The second kappa shape index (κ2) is 10.0. The first-order valence-corrected chi connectivity index (χ1v) is 8.61. The molecule has 0 aliphatic carbocycles. The van der Waals surface area contributed by atoms with E-state index in [1.807, 2.05) is 0 Å². The molecule has 0 N–H and O–H groups in total. The molecule has 1 aromatic carbocycles. The monoisotopic (exact) mass is 274 g/mol. The summed E-state index contributed by atoms with van der Waals surface area (Å²) in [5.41, 5.74) is 1.49. The highest BCUT2D eigenvalue weighted by molar-refractivity contribution is 5.14. The maximum Gasteiger partial charge on any atom is -0.0253 e. The molecule has 0 heteroatoms. The predicted octanol–water partition coefficient (Wildman–Crippen LogP) is 6.50. The molecule has 1 aromatic rings. The van der Waals surface area contributed by atoms with Gasteiger partial charge in [0.15, 0.2) is 0 Å². The van der Waals surface area contributed by atoms with Gasteiger partial charge in [0.05, 0.1) is 0 Å². The van der Waals surface area contributed by atoms with Crippen LogP contribution in [0.5, 0.6) is 0 Å². The van der Waals surface area contributed by atoms with Crippen LogP contribution >= 0.6 is 0 Å². The molecule has 0 bridgehead atoms. The first-order valence-electron chi connectivity index (χ1n) is 8.61. The van der Waals surface area contributed by atoms with E-state index in [1.165, 1.54) is 50.5 Å². The van der Waals surface area contributed by atoms with E-state index in [-0.39, 0.29) is 0 Å². The summed E-state index contributed by atoms with van der Waals surface area (Å²) in [7, 11) is 0. The van der Waals surface area contributed by atoms with Crippen LogP contribution in [0.2, 0.25) is 0 Å². The quantitative estimate of drug-likeness (QED) is 0.457. The molecule has 0 radical (unpaired) electrons. The van der Waals surface area contributed by atoms with Crippen molar-refractivity contribution in [3.8, 4) is 0 Å². The second-order valence-electron chi connectivity index (χ2n) is 7.16. The van der Waals surface area contributed by atoms with Gasteiger partial charge in [0.25, 0.3) is 0 Å². The van der Waals surface area contributed by atoms with Crippen LogP contribution in [0.1, 0.15) is 71.8 Å². The van der Waals surface area contributed by atoms with Gasteiger partial charge in [-0.15, -0.1) is 0 Å². The SMILES string of the molecule is CC(C)CCCC(C)CCCC(C)Cc1ccccc1. The minimum absolute atomic E-state index is 0.820. The van der Waals surface area contributed by atoms with Crippen molar-refractivity contribution >= 4 is 0 Å².